The Morgan fingerprint density at radius 3 is 2.67 bits per heavy atom. The highest BCUT2D eigenvalue weighted by Crippen LogP contribution is 2.25. The Labute approximate surface area is 61.4 Å². The molecule has 1 aliphatic carbocycles. The van der Waals surface area contributed by atoms with E-state index in [1.54, 1.807) is 0 Å². The van der Waals surface area contributed by atoms with E-state index in [0.717, 1.165) is 5.25 Å². The molecule has 2 atom stereocenters. The number of hydrogen-bond acceptors (Lipinski definition) is 2. The highest BCUT2D eigenvalue weighted by atomic mass is 32.2. The number of hydrogen-bond donors (Lipinski definition) is 1. The zero-order valence-corrected chi connectivity index (χ0v) is 6.79. The van der Waals surface area contributed by atoms with Crippen molar-refractivity contribution in [3.05, 3.63) is 0 Å². The van der Waals surface area contributed by atoms with Crippen LogP contribution in [0.5, 0.6) is 0 Å². The molecule has 1 saturated carbocycles. The van der Waals surface area contributed by atoms with Gasteiger partial charge in [0.05, 0.1) is 0 Å². The molecule has 0 saturated heterocycles. The number of thioether (sulfide) groups is 1. The SMILES string of the molecule is CSC1CCCC(N)C1. The summed E-state index contributed by atoms with van der Waals surface area (Å²) in [6, 6.07) is 0.496. The van der Waals surface area contributed by atoms with E-state index in [2.05, 4.69) is 6.26 Å². The average Bonchev–Trinajstić information content (AvgIpc) is 1.88. The summed E-state index contributed by atoms with van der Waals surface area (Å²) in [6.07, 6.45) is 7.39. The molecule has 0 aromatic carbocycles. The Kier molecular flexibility index (Phi) is 2.86. The van der Waals surface area contributed by atoms with Crippen molar-refractivity contribution in [2.75, 3.05) is 6.26 Å². The van der Waals surface area contributed by atoms with Crippen molar-refractivity contribution in [3.8, 4) is 0 Å². The Hall–Kier alpha value is 0.310. The van der Waals surface area contributed by atoms with E-state index in [1.165, 1.54) is 25.7 Å². The van der Waals surface area contributed by atoms with Crippen LogP contribution < -0.4 is 5.73 Å². The fourth-order valence-electron chi connectivity index (χ4n) is 1.40. The molecule has 2 heteroatoms. The maximum atomic E-state index is 5.79. The molecule has 9 heavy (non-hydrogen) atoms. The molecule has 0 spiro atoms. The van der Waals surface area contributed by atoms with Gasteiger partial charge in [-0.1, -0.05) is 6.42 Å². The first kappa shape index (κ1) is 7.42. The second-order valence-electron chi connectivity index (χ2n) is 2.78. The third kappa shape index (κ3) is 2.18. The van der Waals surface area contributed by atoms with E-state index in [1.807, 2.05) is 11.8 Å². The summed E-state index contributed by atoms with van der Waals surface area (Å²) in [6.45, 7) is 0. The van der Waals surface area contributed by atoms with Crippen LogP contribution in [0.2, 0.25) is 0 Å². The molecule has 0 aromatic rings. The molecule has 0 amide bonds. The van der Waals surface area contributed by atoms with Crippen LogP contribution in [0.1, 0.15) is 25.7 Å². The molecule has 2 N–H and O–H groups in total. The van der Waals surface area contributed by atoms with Gasteiger partial charge in [0.2, 0.25) is 0 Å². The van der Waals surface area contributed by atoms with Gasteiger partial charge in [0.25, 0.3) is 0 Å². The summed E-state index contributed by atoms with van der Waals surface area (Å²) in [5.74, 6) is 0. The Bertz CT molecular complexity index is 85.0. The predicted octanol–water partition coefficient (Wildman–Crippen LogP) is 1.62. The Balaban J connectivity index is 2.23. The summed E-state index contributed by atoms with van der Waals surface area (Å²) < 4.78 is 0. The summed E-state index contributed by atoms with van der Waals surface area (Å²) in [4.78, 5) is 0. The first-order chi connectivity index (χ1) is 4.33. The second-order valence-corrected chi connectivity index (χ2v) is 3.92. The van der Waals surface area contributed by atoms with Crippen LogP contribution in [-0.4, -0.2) is 17.5 Å². The fourth-order valence-corrected chi connectivity index (χ4v) is 2.24. The van der Waals surface area contributed by atoms with Crippen molar-refractivity contribution in [3.63, 3.8) is 0 Å². The molecule has 1 fully saturated rings. The molecule has 1 nitrogen and oxygen atoms in total. The van der Waals surface area contributed by atoms with E-state index in [0.29, 0.717) is 6.04 Å². The molecule has 54 valence electrons. The van der Waals surface area contributed by atoms with Crippen molar-refractivity contribution in [1.29, 1.82) is 0 Å². The van der Waals surface area contributed by atoms with Crippen molar-refractivity contribution in [2.45, 2.75) is 37.0 Å². The first-order valence-electron chi connectivity index (χ1n) is 3.61. The van der Waals surface area contributed by atoms with Crippen LogP contribution in [0, 0.1) is 0 Å². The number of rotatable bonds is 1. The molecular formula is C7H15NS. The first-order valence-corrected chi connectivity index (χ1v) is 4.90. The van der Waals surface area contributed by atoms with Gasteiger partial charge in [0.15, 0.2) is 0 Å². The highest BCUT2D eigenvalue weighted by molar-refractivity contribution is 7.99. The van der Waals surface area contributed by atoms with E-state index < -0.39 is 0 Å². The average molecular weight is 145 g/mol. The third-order valence-corrected chi connectivity index (χ3v) is 3.09. The lowest BCUT2D eigenvalue weighted by molar-refractivity contribution is 0.452. The second kappa shape index (κ2) is 3.47. The molecule has 0 heterocycles. The van der Waals surface area contributed by atoms with Gasteiger partial charge >= 0.3 is 0 Å². The lowest BCUT2D eigenvalue weighted by atomic mass is 9.96. The maximum Gasteiger partial charge on any atom is 0.00590 e. The molecule has 0 bridgehead atoms. The quantitative estimate of drug-likeness (QED) is 0.607. The number of nitrogens with two attached hydrogens (primary N) is 1. The zero-order chi connectivity index (χ0) is 6.69. The van der Waals surface area contributed by atoms with Gasteiger partial charge in [-0.25, -0.2) is 0 Å². The molecule has 0 aliphatic heterocycles. The lowest BCUT2D eigenvalue weighted by Gasteiger charge is -2.24. The van der Waals surface area contributed by atoms with Crippen LogP contribution in [0.4, 0.5) is 0 Å². The van der Waals surface area contributed by atoms with E-state index in [-0.39, 0.29) is 0 Å². The Morgan fingerprint density at radius 2 is 2.22 bits per heavy atom. The van der Waals surface area contributed by atoms with Crippen molar-refractivity contribution < 1.29 is 0 Å². The summed E-state index contributed by atoms with van der Waals surface area (Å²) in [5, 5.41) is 0.855. The highest BCUT2D eigenvalue weighted by Gasteiger charge is 2.17. The fraction of sp³-hybridized carbons (Fsp3) is 1.00. The molecule has 1 rings (SSSR count). The van der Waals surface area contributed by atoms with Crippen molar-refractivity contribution in [2.24, 2.45) is 5.73 Å². The summed E-state index contributed by atoms with van der Waals surface area (Å²) in [5.41, 5.74) is 5.79. The van der Waals surface area contributed by atoms with Gasteiger partial charge < -0.3 is 5.73 Å². The largest absolute Gasteiger partial charge is 0.328 e. The van der Waals surface area contributed by atoms with E-state index >= 15 is 0 Å². The minimum Gasteiger partial charge on any atom is -0.328 e. The third-order valence-electron chi connectivity index (χ3n) is 2.00. The van der Waals surface area contributed by atoms with Crippen LogP contribution >= 0.6 is 11.8 Å². The standard InChI is InChI=1S/C7H15NS/c1-9-7-4-2-3-6(8)5-7/h6-7H,2-5,8H2,1H3. The topological polar surface area (TPSA) is 26.0 Å². The van der Waals surface area contributed by atoms with E-state index in [4.69, 9.17) is 5.73 Å². The van der Waals surface area contributed by atoms with Crippen molar-refractivity contribution >= 4 is 11.8 Å². The monoisotopic (exact) mass is 145 g/mol. The van der Waals surface area contributed by atoms with E-state index in [9.17, 15) is 0 Å². The van der Waals surface area contributed by atoms with Gasteiger partial charge in [0, 0.05) is 11.3 Å². The van der Waals surface area contributed by atoms with Crippen molar-refractivity contribution in [1.82, 2.24) is 0 Å². The predicted molar refractivity (Wildman–Crippen MR) is 43.7 cm³/mol. The lowest BCUT2D eigenvalue weighted by Crippen LogP contribution is -2.28. The zero-order valence-electron chi connectivity index (χ0n) is 5.97. The summed E-state index contributed by atoms with van der Waals surface area (Å²) >= 11 is 1.97. The molecule has 1 aliphatic rings. The minimum atomic E-state index is 0.496. The van der Waals surface area contributed by atoms with Crippen LogP contribution in [0.15, 0.2) is 0 Å². The van der Waals surface area contributed by atoms with Crippen LogP contribution in [0.25, 0.3) is 0 Å². The minimum absolute atomic E-state index is 0.496. The van der Waals surface area contributed by atoms with Gasteiger partial charge in [-0.2, -0.15) is 11.8 Å². The van der Waals surface area contributed by atoms with Gasteiger partial charge in [-0.05, 0) is 25.5 Å². The van der Waals surface area contributed by atoms with Gasteiger partial charge in [-0.15, -0.1) is 0 Å². The Morgan fingerprint density at radius 1 is 1.44 bits per heavy atom. The normalized spacial score (nSPS) is 36.7. The smallest absolute Gasteiger partial charge is 0.00590 e. The molecule has 0 radical (unpaired) electrons. The molecule has 0 aromatic heterocycles. The summed E-state index contributed by atoms with van der Waals surface area (Å²) in [7, 11) is 0. The molecular weight excluding hydrogens is 130 g/mol. The van der Waals surface area contributed by atoms with Crippen LogP contribution in [0.3, 0.4) is 0 Å². The van der Waals surface area contributed by atoms with Crippen LogP contribution in [-0.2, 0) is 0 Å². The maximum absolute atomic E-state index is 5.79. The van der Waals surface area contributed by atoms with Gasteiger partial charge in [0.1, 0.15) is 0 Å². The molecule has 2 unspecified atom stereocenters. The van der Waals surface area contributed by atoms with Gasteiger partial charge in [-0.3, -0.25) is 0 Å².